The molecular formula is C11H17ClN2O2S2. The number of thioether (sulfide) groups is 1. The van der Waals surface area contributed by atoms with Gasteiger partial charge in [-0.05, 0) is 18.2 Å². The van der Waals surface area contributed by atoms with Crippen molar-refractivity contribution in [3.8, 4) is 0 Å². The topological polar surface area (TPSA) is 42.3 Å². The van der Waals surface area contributed by atoms with Gasteiger partial charge in [-0.1, -0.05) is 0 Å². The summed E-state index contributed by atoms with van der Waals surface area (Å²) in [6.07, 6.45) is 2.56. The second kappa shape index (κ2) is 5.45. The summed E-state index contributed by atoms with van der Waals surface area (Å²) in [5.74, 6) is 2.23. The summed E-state index contributed by atoms with van der Waals surface area (Å²) in [4.78, 5) is 0.333. The molecule has 1 aliphatic heterocycles. The minimum absolute atomic E-state index is 0.111. The molecule has 1 unspecified atom stereocenters. The van der Waals surface area contributed by atoms with Crippen molar-refractivity contribution in [3.63, 3.8) is 0 Å². The largest absolute Gasteiger partial charge is 0.352 e. The predicted octanol–water partition coefficient (Wildman–Crippen LogP) is 1.89. The van der Waals surface area contributed by atoms with Crippen LogP contribution in [0.2, 0.25) is 0 Å². The second-order valence-corrected chi connectivity index (χ2v) is 7.86. The Kier molecular flexibility index (Phi) is 4.31. The van der Waals surface area contributed by atoms with Crippen molar-refractivity contribution in [1.82, 2.24) is 8.87 Å². The first-order valence-corrected chi connectivity index (χ1v) is 8.86. The summed E-state index contributed by atoms with van der Waals surface area (Å²) in [7, 11) is 0.0800. The van der Waals surface area contributed by atoms with E-state index in [-0.39, 0.29) is 6.04 Å². The average Bonchev–Trinajstić information content (AvgIpc) is 2.96. The SMILES string of the molecule is CN(C1CCSC1)S(=O)(=O)c1cc(CCl)n(C)c1. The van der Waals surface area contributed by atoms with E-state index in [1.807, 2.05) is 7.05 Å². The summed E-state index contributed by atoms with van der Waals surface area (Å²) in [5, 5.41) is 0. The first-order valence-electron chi connectivity index (χ1n) is 5.74. The summed E-state index contributed by atoms with van der Waals surface area (Å²) in [6, 6.07) is 1.76. The number of nitrogens with zero attached hydrogens (tertiary/aromatic N) is 2. The van der Waals surface area contributed by atoms with Crippen molar-refractivity contribution in [2.45, 2.75) is 23.2 Å². The minimum atomic E-state index is -3.39. The Labute approximate surface area is 117 Å². The maximum Gasteiger partial charge on any atom is 0.244 e. The molecule has 0 amide bonds. The lowest BCUT2D eigenvalue weighted by atomic mass is 10.3. The number of rotatable bonds is 4. The molecule has 0 radical (unpaired) electrons. The smallest absolute Gasteiger partial charge is 0.244 e. The molecule has 1 aromatic heterocycles. The van der Waals surface area contributed by atoms with Gasteiger partial charge in [0, 0.05) is 37.8 Å². The fourth-order valence-electron chi connectivity index (χ4n) is 2.02. The van der Waals surface area contributed by atoms with Crippen molar-refractivity contribution in [3.05, 3.63) is 18.0 Å². The fraction of sp³-hybridized carbons (Fsp3) is 0.636. The molecule has 2 rings (SSSR count). The van der Waals surface area contributed by atoms with Crippen molar-refractivity contribution >= 4 is 33.4 Å². The van der Waals surface area contributed by atoms with E-state index in [0.717, 1.165) is 23.6 Å². The predicted molar refractivity (Wildman–Crippen MR) is 75.6 cm³/mol. The third kappa shape index (κ3) is 2.57. The van der Waals surface area contributed by atoms with Crippen LogP contribution in [-0.2, 0) is 23.0 Å². The molecule has 1 saturated heterocycles. The van der Waals surface area contributed by atoms with Gasteiger partial charge in [0.05, 0.1) is 5.88 Å². The molecule has 2 heterocycles. The maximum atomic E-state index is 12.5. The maximum absolute atomic E-state index is 12.5. The van der Waals surface area contributed by atoms with Crippen LogP contribution in [0.4, 0.5) is 0 Å². The van der Waals surface area contributed by atoms with Crippen LogP contribution in [0.5, 0.6) is 0 Å². The van der Waals surface area contributed by atoms with Crippen LogP contribution in [0, 0.1) is 0 Å². The van der Waals surface area contributed by atoms with Crippen molar-refractivity contribution in [2.24, 2.45) is 7.05 Å². The highest BCUT2D eigenvalue weighted by Gasteiger charge is 2.31. The molecule has 7 heteroatoms. The Bertz CT molecular complexity index is 521. The minimum Gasteiger partial charge on any atom is -0.352 e. The first kappa shape index (κ1) is 14.2. The van der Waals surface area contributed by atoms with Crippen molar-refractivity contribution in [1.29, 1.82) is 0 Å². The van der Waals surface area contributed by atoms with Gasteiger partial charge in [0.15, 0.2) is 0 Å². The zero-order chi connectivity index (χ0) is 13.3. The summed E-state index contributed by atoms with van der Waals surface area (Å²) in [6.45, 7) is 0. The van der Waals surface area contributed by atoms with Gasteiger partial charge in [0.1, 0.15) is 4.90 Å². The molecule has 102 valence electrons. The third-order valence-electron chi connectivity index (χ3n) is 3.32. The monoisotopic (exact) mass is 308 g/mol. The standard InChI is InChI=1S/C11H17ClN2O2S2/c1-13-7-11(5-10(13)6-12)18(15,16)14(2)9-3-4-17-8-9/h5,7,9H,3-4,6,8H2,1-2H3. The molecule has 0 spiro atoms. The Morgan fingerprint density at radius 1 is 1.61 bits per heavy atom. The number of hydrogen-bond acceptors (Lipinski definition) is 3. The van der Waals surface area contributed by atoms with E-state index in [1.54, 1.807) is 35.6 Å². The van der Waals surface area contributed by atoms with E-state index >= 15 is 0 Å². The molecule has 1 aromatic rings. The van der Waals surface area contributed by atoms with Gasteiger partial charge in [-0.3, -0.25) is 0 Å². The van der Waals surface area contributed by atoms with Gasteiger partial charge >= 0.3 is 0 Å². The van der Waals surface area contributed by atoms with E-state index in [2.05, 4.69) is 0 Å². The van der Waals surface area contributed by atoms with Crippen LogP contribution < -0.4 is 0 Å². The Morgan fingerprint density at radius 3 is 2.83 bits per heavy atom. The zero-order valence-electron chi connectivity index (χ0n) is 10.5. The normalized spacial score (nSPS) is 20.8. The van der Waals surface area contributed by atoms with E-state index in [9.17, 15) is 8.42 Å². The van der Waals surface area contributed by atoms with Gasteiger partial charge in [0.2, 0.25) is 10.0 Å². The van der Waals surface area contributed by atoms with Gasteiger partial charge < -0.3 is 4.57 Å². The van der Waals surface area contributed by atoms with Crippen LogP contribution in [0.25, 0.3) is 0 Å². The Hall–Kier alpha value is -0.170. The van der Waals surface area contributed by atoms with Gasteiger partial charge in [0.25, 0.3) is 0 Å². The molecule has 0 saturated carbocycles. The number of sulfonamides is 1. The van der Waals surface area contributed by atoms with Crippen LogP contribution in [0.3, 0.4) is 0 Å². The molecule has 4 nitrogen and oxygen atoms in total. The lowest BCUT2D eigenvalue weighted by Gasteiger charge is -2.22. The van der Waals surface area contributed by atoms with Crippen LogP contribution >= 0.6 is 23.4 Å². The average molecular weight is 309 g/mol. The van der Waals surface area contributed by atoms with Gasteiger partial charge in [-0.15, -0.1) is 11.6 Å². The lowest BCUT2D eigenvalue weighted by Crippen LogP contribution is -2.36. The number of hydrogen-bond donors (Lipinski definition) is 0. The number of aryl methyl sites for hydroxylation is 1. The summed E-state index contributed by atoms with van der Waals surface area (Å²) >= 11 is 7.57. The van der Waals surface area contributed by atoms with Gasteiger partial charge in [-0.25, -0.2) is 8.42 Å². The third-order valence-corrected chi connectivity index (χ3v) is 6.61. The van der Waals surface area contributed by atoms with Crippen LogP contribution in [-0.4, -0.2) is 41.9 Å². The molecule has 1 atom stereocenters. The Balaban J connectivity index is 2.28. The molecule has 0 bridgehead atoms. The van der Waals surface area contributed by atoms with E-state index < -0.39 is 10.0 Å². The second-order valence-electron chi connectivity index (χ2n) is 4.45. The van der Waals surface area contributed by atoms with E-state index in [4.69, 9.17) is 11.6 Å². The number of alkyl halides is 1. The first-order chi connectivity index (χ1) is 8.46. The number of aromatic nitrogens is 1. The highest BCUT2D eigenvalue weighted by atomic mass is 35.5. The van der Waals surface area contributed by atoms with Gasteiger partial charge in [-0.2, -0.15) is 16.1 Å². The Morgan fingerprint density at radius 2 is 2.33 bits per heavy atom. The van der Waals surface area contributed by atoms with E-state index in [0.29, 0.717) is 10.8 Å². The molecule has 18 heavy (non-hydrogen) atoms. The highest BCUT2D eigenvalue weighted by Crippen LogP contribution is 2.27. The fourth-order valence-corrected chi connectivity index (χ4v) is 5.13. The van der Waals surface area contributed by atoms with Crippen molar-refractivity contribution in [2.75, 3.05) is 18.6 Å². The molecule has 0 aromatic carbocycles. The summed E-state index contributed by atoms with van der Waals surface area (Å²) < 4.78 is 28.2. The van der Waals surface area contributed by atoms with Crippen LogP contribution in [0.15, 0.2) is 17.2 Å². The van der Waals surface area contributed by atoms with E-state index in [1.165, 1.54) is 4.31 Å². The zero-order valence-corrected chi connectivity index (χ0v) is 12.9. The molecule has 1 fully saturated rings. The lowest BCUT2D eigenvalue weighted by molar-refractivity contribution is 0.394. The summed E-state index contributed by atoms with van der Waals surface area (Å²) in [5.41, 5.74) is 0.810. The van der Waals surface area contributed by atoms with Crippen molar-refractivity contribution < 1.29 is 8.42 Å². The number of halogens is 1. The van der Waals surface area contributed by atoms with Crippen LogP contribution in [0.1, 0.15) is 12.1 Å². The molecule has 1 aliphatic rings. The molecule has 0 aliphatic carbocycles. The molecular weight excluding hydrogens is 292 g/mol. The molecule has 0 N–H and O–H groups in total. The quantitative estimate of drug-likeness (QED) is 0.798. The highest BCUT2D eigenvalue weighted by molar-refractivity contribution is 7.99.